The first-order valence-electron chi connectivity index (χ1n) is 2.01. The molecule has 0 spiro atoms. The number of hydrogen-bond donors (Lipinski definition) is 1. The topological polar surface area (TPSA) is 54.7 Å². The van der Waals surface area contributed by atoms with Crippen LogP contribution in [0.25, 0.3) is 0 Å². The maximum Gasteiger partial charge on any atom is 0.147 e. The molecule has 0 aromatic rings. The molecule has 0 fully saturated rings. The van der Waals surface area contributed by atoms with E-state index in [1.807, 2.05) is 0 Å². The van der Waals surface area contributed by atoms with Gasteiger partial charge in [-0.05, 0) is 5.16 Å². The average molecular weight is 112 g/mol. The summed E-state index contributed by atoms with van der Waals surface area (Å²) in [6, 6.07) is 0. The van der Waals surface area contributed by atoms with Crippen LogP contribution in [0.5, 0.6) is 0 Å². The number of hydrogen-bond acceptors (Lipinski definition) is 4. The third-order valence-corrected chi connectivity index (χ3v) is 0.628. The Bertz CT molecular complexity index is 150. The Kier molecular flexibility index (Phi) is 1.27. The van der Waals surface area contributed by atoms with Gasteiger partial charge >= 0.3 is 0 Å². The van der Waals surface area contributed by atoms with Crippen LogP contribution in [0.15, 0.2) is 17.5 Å². The fraction of sp³-hybridized carbons (Fsp3) is 0. The molecule has 0 saturated heterocycles. The molecule has 42 valence electrons. The molecule has 0 aliphatic carbocycles. The normalized spacial score (nSPS) is 15.8. The van der Waals surface area contributed by atoms with Crippen LogP contribution in [-0.2, 0) is 9.88 Å². The Morgan fingerprint density at radius 3 is 3.00 bits per heavy atom. The number of allylic oxidation sites excluding steroid dienone is 1. The first-order chi connectivity index (χ1) is 3.93. The van der Waals surface area contributed by atoms with E-state index >= 15 is 0 Å². The second kappa shape index (κ2) is 2.11. The molecule has 0 unspecified atom stereocenters. The Hall–Kier alpha value is -1.32. The highest BCUT2D eigenvalue weighted by molar-refractivity contribution is 6.34. The number of nitrogens with one attached hydrogen (secondary N) is 1. The van der Waals surface area contributed by atoms with Crippen molar-refractivity contribution in [2.75, 3.05) is 0 Å². The summed E-state index contributed by atoms with van der Waals surface area (Å²) in [6.45, 7) is 0. The van der Waals surface area contributed by atoms with Gasteiger partial charge in [-0.1, -0.05) is 0 Å². The van der Waals surface area contributed by atoms with Crippen LogP contribution in [-0.4, -0.2) is 11.9 Å². The first kappa shape index (κ1) is 4.83. The minimum Gasteiger partial charge on any atom is -0.306 e. The van der Waals surface area contributed by atoms with Crippen molar-refractivity contribution in [2.24, 2.45) is 5.16 Å². The second-order valence-electron chi connectivity index (χ2n) is 1.13. The number of nitrogens with zero attached hydrogens (tertiary/aromatic N) is 1. The highest BCUT2D eigenvalue weighted by Gasteiger charge is 1.93. The van der Waals surface area contributed by atoms with Crippen LogP contribution < -0.4 is 0 Å². The molecule has 1 aliphatic rings. The molecular formula is C4H4N2O2. The Morgan fingerprint density at radius 2 is 2.62 bits per heavy atom. The summed E-state index contributed by atoms with van der Waals surface area (Å²) in [5, 5.41) is 9.97. The van der Waals surface area contributed by atoms with Crippen molar-refractivity contribution in [1.82, 2.24) is 0 Å². The van der Waals surface area contributed by atoms with Gasteiger partial charge in [0.1, 0.15) is 12.0 Å². The molecule has 1 N–H and O–H groups in total. The molecule has 0 saturated carbocycles. The van der Waals surface area contributed by atoms with Crippen LogP contribution in [0.2, 0.25) is 0 Å². The van der Waals surface area contributed by atoms with Crippen LogP contribution in [0.3, 0.4) is 0 Å². The summed E-state index contributed by atoms with van der Waals surface area (Å²) in [4.78, 5) is 8.35. The third-order valence-electron chi connectivity index (χ3n) is 0.628. The molecule has 4 heteroatoms. The Balaban J connectivity index is 2.64. The molecule has 0 radical (unpaired) electrons. The fourth-order valence-electron chi connectivity index (χ4n) is 0.292. The van der Waals surface area contributed by atoms with Crippen LogP contribution in [0.1, 0.15) is 0 Å². The van der Waals surface area contributed by atoms with E-state index in [-0.39, 0.29) is 0 Å². The van der Waals surface area contributed by atoms with E-state index in [0.717, 1.165) is 6.21 Å². The first-order valence-corrected chi connectivity index (χ1v) is 2.01. The predicted molar refractivity (Wildman–Crippen MR) is 27.5 cm³/mol. The summed E-state index contributed by atoms with van der Waals surface area (Å²) in [7, 11) is 0. The SMILES string of the molecule is N=CC1=NOOC=C1. The second-order valence-corrected chi connectivity index (χ2v) is 1.13. The fourth-order valence-corrected chi connectivity index (χ4v) is 0.292. The van der Waals surface area contributed by atoms with Gasteiger partial charge < -0.3 is 5.41 Å². The van der Waals surface area contributed by atoms with Crippen molar-refractivity contribution in [2.45, 2.75) is 0 Å². The lowest BCUT2D eigenvalue weighted by Crippen LogP contribution is -1.99. The molecule has 0 bridgehead atoms. The van der Waals surface area contributed by atoms with Crippen LogP contribution in [0.4, 0.5) is 0 Å². The summed E-state index contributed by atoms with van der Waals surface area (Å²) < 4.78 is 0. The van der Waals surface area contributed by atoms with E-state index in [1.165, 1.54) is 12.3 Å². The predicted octanol–water partition coefficient (Wildman–Crippen LogP) is 0.467. The minimum absolute atomic E-state index is 0.441. The summed E-state index contributed by atoms with van der Waals surface area (Å²) in [5.41, 5.74) is 0.441. The molecule has 1 rings (SSSR count). The van der Waals surface area contributed by atoms with E-state index in [2.05, 4.69) is 15.0 Å². The number of oxime groups is 1. The van der Waals surface area contributed by atoms with Crippen molar-refractivity contribution in [3.63, 3.8) is 0 Å². The maximum atomic E-state index is 6.65. The van der Waals surface area contributed by atoms with Crippen molar-refractivity contribution < 1.29 is 9.88 Å². The van der Waals surface area contributed by atoms with Crippen LogP contribution in [0, 0.1) is 5.41 Å². The maximum absolute atomic E-state index is 6.65. The van der Waals surface area contributed by atoms with Gasteiger partial charge in [-0.3, -0.25) is 4.89 Å². The van der Waals surface area contributed by atoms with Crippen molar-refractivity contribution in [3.05, 3.63) is 12.3 Å². The standard InChI is InChI=1S/C4H4N2O2/c5-3-4-1-2-7-8-6-4/h1-3,5H. The minimum atomic E-state index is 0.441. The van der Waals surface area contributed by atoms with Gasteiger partial charge in [0.05, 0.1) is 0 Å². The van der Waals surface area contributed by atoms with Gasteiger partial charge in [-0.25, -0.2) is 0 Å². The highest BCUT2D eigenvalue weighted by atomic mass is 17.3. The van der Waals surface area contributed by atoms with E-state index < -0.39 is 0 Å². The molecule has 1 heterocycles. The van der Waals surface area contributed by atoms with Gasteiger partial charge in [0.15, 0.2) is 0 Å². The smallest absolute Gasteiger partial charge is 0.147 e. The average Bonchev–Trinajstić information content (AvgIpc) is 1.90. The Morgan fingerprint density at radius 1 is 1.75 bits per heavy atom. The van der Waals surface area contributed by atoms with Gasteiger partial charge in [0, 0.05) is 12.3 Å². The quantitative estimate of drug-likeness (QED) is 0.396. The molecule has 4 nitrogen and oxygen atoms in total. The largest absolute Gasteiger partial charge is 0.306 e. The zero-order valence-electron chi connectivity index (χ0n) is 4.00. The van der Waals surface area contributed by atoms with Crippen molar-refractivity contribution in [1.29, 1.82) is 5.41 Å². The van der Waals surface area contributed by atoms with E-state index in [1.54, 1.807) is 0 Å². The van der Waals surface area contributed by atoms with E-state index in [4.69, 9.17) is 5.41 Å². The zero-order valence-corrected chi connectivity index (χ0v) is 4.00. The molecule has 0 aromatic carbocycles. The summed E-state index contributed by atoms with van der Waals surface area (Å²) >= 11 is 0. The summed E-state index contributed by atoms with van der Waals surface area (Å²) in [5.74, 6) is 0. The van der Waals surface area contributed by atoms with Crippen molar-refractivity contribution in [3.8, 4) is 0 Å². The number of rotatable bonds is 1. The molecular weight excluding hydrogens is 108 g/mol. The molecule has 0 aromatic heterocycles. The van der Waals surface area contributed by atoms with E-state index in [9.17, 15) is 0 Å². The molecule has 0 atom stereocenters. The molecule has 1 aliphatic heterocycles. The summed E-state index contributed by atoms with van der Waals surface area (Å²) in [6.07, 6.45) is 3.91. The lowest BCUT2D eigenvalue weighted by Gasteiger charge is -1.97. The zero-order chi connectivity index (χ0) is 5.82. The lowest BCUT2D eigenvalue weighted by atomic mass is 10.4. The van der Waals surface area contributed by atoms with Gasteiger partial charge in [-0.15, -0.1) is 0 Å². The van der Waals surface area contributed by atoms with Gasteiger partial charge in [-0.2, -0.15) is 4.99 Å². The van der Waals surface area contributed by atoms with Crippen LogP contribution >= 0.6 is 0 Å². The lowest BCUT2D eigenvalue weighted by molar-refractivity contribution is -0.251. The van der Waals surface area contributed by atoms with Gasteiger partial charge in [0.25, 0.3) is 0 Å². The Labute approximate surface area is 45.8 Å². The third kappa shape index (κ3) is 0.841. The monoisotopic (exact) mass is 112 g/mol. The van der Waals surface area contributed by atoms with Gasteiger partial charge in [0.2, 0.25) is 0 Å². The molecule has 8 heavy (non-hydrogen) atoms. The molecule has 0 amide bonds. The van der Waals surface area contributed by atoms with E-state index in [0.29, 0.717) is 5.71 Å². The highest BCUT2D eigenvalue weighted by Crippen LogP contribution is 1.91. The van der Waals surface area contributed by atoms with Crippen molar-refractivity contribution >= 4 is 11.9 Å².